The van der Waals surface area contributed by atoms with Crippen LogP contribution in [-0.4, -0.2) is 67.0 Å². The number of hydrogen-bond donors (Lipinski definition) is 1. The summed E-state index contributed by atoms with van der Waals surface area (Å²) in [5, 5.41) is 11.3. The summed E-state index contributed by atoms with van der Waals surface area (Å²) in [6.07, 6.45) is 4.79. The van der Waals surface area contributed by atoms with Crippen molar-refractivity contribution in [1.29, 1.82) is 0 Å². The number of hydrogen-bond acceptors (Lipinski definition) is 6. The minimum atomic E-state index is -0.684. The molecule has 37 heavy (non-hydrogen) atoms. The number of aliphatic hydroxyl groups excluding tert-OH is 1. The van der Waals surface area contributed by atoms with Crippen LogP contribution >= 0.6 is 0 Å². The number of carbonyl (C=O) groups excluding carboxylic acids is 2. The molecule has 1 heterocycles. The first-order valence-corrected chi connectivity index (χ1v) is 13.3. The number of amides is 1. The first-order chi connectivity index (χ1) is 17.9. The van der Waals surface area contributed by atoms with E-state index in [0.29, 0.717) is 37.5 Å². The van der Waals surface area contributed by atoms with Crippen molar-refractivity contribution in [3.05, 3.63) is 65.2 Å². The highest BCUT2D eigenvalue weighted by atomic mass is 16.5. The quantitative estimate of drug-likeness (QED) is 0.159. The van der Waals surface area contributed by atoms with Crippen LogP contribution in [0.3, 0.4) is 0 Å². The van der Waals surface area contributed by atoms with Crippen molar-refractivity contribution >= 4 is 17.4 Å². The van der Waals surface area contributed by atoms with Crippen LogP contribution in [0.2, 0.25) is 0 Å². The molecule has 3 rings (SSSR count). The van der Waals surface area contributed by atoms with E-state index in [1.807, 2.05) is 56.3 Å². The summed E-state index contributed by atoms with van der Waals surface area (Å²) in [5.41, 5.74) is 1.30. The van der Waals surface area contributed by atoms with Crippen LogP contribution in [0.15, 0.2) is 54.1 Å². The number of likely N-dealkylation sites (tertiary alicyclic amines) is 1. The highest BCUT2D eigenvalue weighted by molar-refractivity contribution is 6.46. The molecular weight excluding hydrogens is 468 g/mol. The number of unbranched alkanes of at least 4 members (excludes halogenated alkanes) is 2. The fourth-order valence-electron chi connectivity index (χ4n) is 4.41. The molecule has 0 aliphatic carbocycles. The number of aliphatic hydroxyl groups is 1. The summed E-state index contributed by atoms with van der Waals surface area (Å²) in [6, 6.07) is 13.8. The van der Waals surface area contributed by atoms with Gasteiger partial charge in [-0.2, -0.15) is 0 Å². The van der Waals surface area contributed by atoms with Gasteiger partial charge in [-0.1, -0.05) is 51.0 Å². The molecule has 1 saturated heterocycles. The summed E-state index contributed by atoms with van der Waals surface area (Å²) in [6.45, 7) is 6.54. The minimum absolute atomic E-state index is 0.0964. The van der Waals surface area contributed by atoms with Gasteiger partial charge < -0.3 is 24.4 Å². The Balaban J connectivity index is 1.97. The van der Waals surface area contributed by atoms with Crippen molar-refractivity contribution in [3.63, 3.8) is 0 Å². The molecule has 1 N–H and O–H groups in total. The van der Waals surface area contributed by atoms with Gasteiger partial charge in [-0.05, 0) is 69.7 Å². The van der Waals surface area contributed by atoms with Gasteiger partial charge in [0.1, 0.15) is 17.3 Å². The van der Waals surface area contributed by atoms with Crippen LogP contribution in [0.1, 0.15) is 63.1 Å². The van der Waals surface area contributed by atoms with Crippen molar-refractivity contribution < 1.29 is 24.2 Å². The fraction of sp³-hybridized carbons (Fsp3) is 0.467. The maximum atomic E-state index is 13.3. The molecule has 1 amide bonds. The Hall–Kier alpha value is -3.32. The monoisotopic (exact) mass is 508 g/mol. The lowest BCUT2D eigenvalue weighted by atomic mass is 9.95. The average Bonchev–Trinajstić information content (AvgIpc) is 3.15. The molecular formula is C30H40N2O5. The Kier molecular flexibility index (Phi) is 10.6. The second kappa shape index (κ2) is 13.8. The average molecular weight is 509 g/mol. The Morgan fingerprint density at radius 2 is 1.65 bits per heavy atom. The molecule has 0 saturated carbocycles. The summed E-state index contributed by atoms with van der Waals surface area (Å²) in [5.74, 6) is -0.117. The van der Waals surface area contributed by atoms with Gasteiger partial charge in [0.15, 0.2) is 0 Å². The van der Waals surface area contributed by atoms with Crippen LogP contribution in [0.5, 0.6) is 11.5 Å². The smallest absolute Gasteiger partial charge is 0.295 e. The first kappa shape index (κ1) is 28.3. The number of carbonyl (C=O) groups is 2. The standard InChI is InChI=1S/C30H40N2O5/c1-5-7-8-20-37-24-15-13-22(14-16-24)27-26(29(34)30(35)32(27)18-10-17-31(3)4)28(33)23-11-9-12-25(21-23)36-19-6-2/h9,11-16,21,27,33H,5-8,10,17-20H2,1-4H3/b28-26+. The summed E-state index contributed by atoms with van der Waals surface area (Å²) in [7, 11) is 3.94. The lowest BCUT2D eigenvalue weighted by Crippen LogP contribution is -2.32. The number of nitrogens with zero attached hydrogens (tertiary/aromatic N) is 2. The largest absolute Gasteiger partial charge is 0.507 e. The highest BCUT2D eigenvalue weighted by Crippen LogP contribution is 2.40. The molecule has 1 atom stereocenters. The zero-order valence-electron chi connectivity index (χ0n) is 22.5. The SMILES string of the molecule is CCCCCOc1ccc(C2/C(=C(\O)c3cccc(OCCC)c3)C(=O)C(=O)N2CCCN(C)C)cc1. The van der Waals surface area contributed by atoms with Crippen molar-refractivity contribution in [2.24, 2.45) is 0 Å². The van der Waals surface area contributed by atoms with Gasteiger partial charge in [-0.3, -0.25) is 9.59 Å². The lowest BCUT2D eigenvalue weighted by molar-refractivity contribution is -0.139. The van der Waals surface area contributed by atoms with E-state index in [9.17, 15) is 14.7 Å². The third kappa shape index (κ3) is 7.35. The molecule has 0 radical (unpaired) electrons. The normalized spacial score (nSPS) is 17.0. The van der Waals surface area contributed by atoms with Crippen molar-refractivity contribution in [2.45, 2.75) is 52.0 Å². The number of rotatable bonds is 14. The molecule has 1 aliphatic heterocycles. The minimum Gasteiger partial charge on any atom is -0.507 e. The number of ketones is 1. The third-order valence-electron chi connectivity index (χ3n) is 6.34. The molecule has 1 aliphatic rings. The molecule has 7 nitrogen and oxygen atoms in total. The van der Waals surface area contributed by atoms with E-state index in [4.69, 9.17) is 9.47 Å². The van der Waals surface area contributed by atoms with Crippen LogP contribution < -0.4 is 9.47 Å². The van der Waals surface area contributed by atoms with Crippen LogP contribution in [-0.2, 0) is 9.59 Å². The molecule has 1 unspecified atom stereocenters. The maximum Gasteiger partial charge on any atom is 0.295 e. The van der Waals surface area contributed by atoms with Gasteiger partial charge in [0.2, 0.25) is 0 Å². The highest BCUT2D eigenvalue weighted by Gasteiger charge is 2.45. The van der Waals surface area contributed by atoms with Gasteiger partial charge in [0, 0.05) is 12.1 Å². The zero-order chi connectivity index (χ0) is 26.8. The van der Waals surface area contributed by atoms with E-state index >= 15 is 0 Å². The Morgan fingerprint density at radius 3 is 2.32 bits per heavy atom. The molecule has 0 spiro atoms. The van der Waals surface area contributed by atoms with Gasteiger partial charge >= 0.3 is 0 Å². The van der Waals surface area contributed by atoms with Crippen LogP contribution in [0.4, 0.5) is 0 Å². The third-order valence-corrected chi connectivity index (χ3v) is 6.34. The predicted molar refractivity (Wildman–Crippen MR) is 146 cm³/mol. The molecule has 0 bridgehead atoms. The topological polar surface area (TPSA) is 79.3 Å². The van der Waals surface area contributed by atoms with E-state index in [2.05, 4.69) is 6.92 Å². The Bertz CT molecular complexity index is 1080. The molecule has 1 fully saturated rings. The van der Waals surface area contributed by atoms with E-state index in [0.717, 1.165) is 43.5 Å². The molecule has 200 valence electrons. The second-order valence-corrected chi connectivity index (χ2v) is 9.65. The summed E-state index contributed by atoms with van der Waals surface area (Å²) >= 11 is 0. The maximum absolute atomic E-state index is 13.3. The van der Waals surface area contributed by atoms with Gasteiger partial charge in [-0.15, -0.1) is 0 Å². The summed E-state index contributed by atoms with van der Waals surface area (Å²) in [4.78, 5) is 30.0. The first-order valence-electron chi connectivity index (χ1n) is 13.3. The summed E-state index contributed by atoms with van der Waals surface area (Å²) < 4.78 is 11.6. The van der Waals surface area contributed by atoms with Gasteiger partial charge in [0.25, 0.3) is 11.7 Å². The molecule has 2 aromatic rings. The number of benzene rings is 2. The van der Waals surface area contributed by atoms with E-state index in [-0.39, 0.29) is 11.3 Å². The van der Waals surface area contributed by atoms with E-state index in [1.54, 1.807) is 23.1 Å². The van der Waals surface area contributed by atoms with Gasteiger partial charge in [0.05, 0.1) is 24.8 Å². The number of ether oxygens (including phenoxy) is 2. The fourth-order valence-corrected chi connectivity index (χ4v) is 4.41. The Labute approximate surface area is 220 Å². The van der Waals surface area contributed by atoms with Gasteiger partial charge in [-0.25, -0.2) is 0 Å². The lowest BCUT2D eigenvalue weighted by Gasteiger charge is -2.26. The van der Waals surface area contributed by atoms with Crippen LogP contribution in [0, 0.1) is 0 Å². The molecule has 0 aromatic heterocycles. The molecule has 2 aromatic carbocycles. The van der Waals surface area contributed by atoms with Crippen molar-refractivity contribution in [1.82, 2.24) is 9.80 Å². The van der Waals surface area contributed by atoms with E-state index < -0.39 is 17.7 Å². The van der Waals surface area contributed by atoms with Crippen LogP contribution in [0.25, 0.3) is 5.76 Å². The van der Waals surface area contributed by atoms with E-state index in [1.165, 1.54) is 0 Å². The number of Topliss-reactive ketones (excluding diaryl/α,β-unsaturated/α-hetero) is 1. The zero-order valence-corrected chi connectivity index (χ0v) is 22.5. The second-order valence-electron chi connectivity index (χ2n) is 9.65. The predicted octanol–water partition coefficient (Wildman–Crippen LogP) is 5.42. The molecule has 7 heteroatoms. The van der Waals surface area contributed by atoms with Crippen molar-refractivity contribution in [3.8, 4) is 11.5 Å². The Morgan fingerprint density at radius 1 is 0.919 bits per heavy atom. The van der Waals surface area contributed by atoms with Crippen molar-refractivity contribution in [2.75, 3.05) is 40.4 Å².